The van der Waals surface area contributed by atoms with Gasteiger partial charge >= 0.3 is 0 Å². The predicted octanol–water partition coefficient (Wildman–Crippen LogP) is 1.93. The van der Waals surface area contributed by atoms with Crippen LogP contribution in [0, 0.1) is 11.7 Å². The maximum Gasteiger partial charge on any atom is 0.258 e. The largest absolute Gasteiger partial charge is 0.409 e. The van der Waals surface area contributed by atoms with E-state index in [4.69, 9.17) is 22.5 Å². The van der Waals surface area contributed by atoms with Crippen LogP contribution in [-0.4, -0.2) is 35.4 Å². The van der Waals surface area contributed by atoms with Crippen molar-refractivity contribution in [3.05, 3.63) is 34.6 Å². The molecule has 1 amide bonds. The normalized spacial score (nSPS) is 13.2. The van der Waals surface area contributed by atoms with Crippen molar-refractivity contribution in [1.29, 1.82) is 0 Å². The van der Waals surface area contributed by atoms with Crippen LogP contribution in [0.15, 0.2) is 23.4 Å². The first-order valence-electron chi connectivity index (χ1n) is 5.55. The van der Waals surface area contributed by atoms with Gasteiger partial charge in [0.05, 0.1) is 10.6 Å². The first-order chi connectivity index (χ1) is 8.88. The summed E-state index contributed by atoms with van der Waals surface area (Å²) in [6.07, 6.45) is 0. The van der Waals surface area contributed by atoms with Gasteiger partial charge in [0.15, 0.2) is 0 Å². The molecule has 7 heteroatoms. The Balaban J connectivity index is 2.89. The van der Waals surface area contributed by atoms with Gasteiger partial charge in [-0.2, -0.15) is 0 Å². The molecule has 1 unspecified atom stereocenters. The number of nitrogens with zero attached hydrogens (tertiary/aromatic N) is 2. The van der Waals surface area contributed by atoms with Crippen molar-refractivity contribution in [2.45, 2.75) is 6.92 Å². The highest BCUT2D eigenvalue weighted by molar-refractivity contribution is 6.33. The molecule has 0 spiro atoms. The maximum atomic E-state index is 13.6. The number of amides is 1. The van der Waals surface area contributed by atoms with Crippen molar-refractivity contribution in [3.63, 3.8) is 0 Å². The van der Waals surface area contributed by atoms with Gasteiger partial charge in [0.2, 0.25) is 0 Å². The van der Waals surface area contributed by atoms with E-state index in [2.05, 4.69) is 5.16 Å². The molecule has 0 saturated carbocycles. The van der Waals surface area contributed by atoms with Crippen LogP contribution in [0.4, 0.5) is 4.39 Å². The second-order valence-corrected chi connectivity index (χ2v) is 4.62. The number of hydrogen-bond acceptors (Lipinski definition) is 3. The van der Waals surface area contributed by atoms with Crippen LogP contribution in [0.1, 0.15) is 17.3 Å². The summed E-state index contributed by atoms with van der Waals surface area (Å²) in [6, 6.07) is 4.03. The first-order valence-corrected chi connectivity index (χ1v) is 5.93. The quantitative estimate of drug-likeness (QED) is 0.384. The highest BCUT2D eigenvalue weighted by Gasteiger charge is 2.21. The Hall–Kier alpha value is -1.82. The summed E-state index contributed by atoms with van der Waals surface area (Å²) in [5.41, 5.74) is 5.24. The lowest BCUT2D eigenvalue weighted by Crippen LogP contribution is -2.36. The Bertz CT molecular complexity index is 487. The molecule has 5 nitrogen and oxygen atoms in total. The zero-order valence-electron chi connectivity index (χ0n) is 10.6. The van der Waals surface area contributed by atoms with Gasteiger partial charge < -0.3 is 15.8 Å². The monoisotopic (exact) mass is 287 g/mol. The van der Waals surface area contributed by atoms with E-state index in [1.165, 1.54) is 30.1 Å². The van der Waals surface area contributed by atoms with Gasteiger partial charge in [0.25, 0.3) is 5.91 Å². The molecule has 0 radical (unpaired) electrons. The fraction of sp³-hybridized carbons (Fsp3) is 0.333. The van der Waals surface area contributed by atoms with E-state index in [-0.39, 0.29) is 28.9 Å². The molecule has 0 aliphatic carbocycles. The summed E-state index contributed by atoms with van der Waals surface area (Å²) in [5, 5.41) is 11.5. The first kappa shape index (κ1) is 15.2. The van der Waals surface area contributed by atoms with E-state index in [9.17, 15) is 9.18 Å². The minimum Gasteiger partial charge on any atom is -0.409 e. The molecular formula is C12H15ClFN3O2. The molecule has 1 rings (SSSR count). The van der Waals surface area contributed by atoms with E-state index in [0.29, 0.717) is 0 Å². The van der Waals surface area contributed by atoms with E-state index in [1.807, 2.05) is 0 Å². The summed E-state index contributed by atoms with van der Waals surface area (Å²) >= 11 is 5.82. The van der Waals surface area contributed by atoms with Crippen LogP contribution in [0.5, 0.6) is 0 Å². The van der Waals surface area contributed by atoms with Crippen molar-refractivity contribution < 1.29 is 14.4 Å². The molecule has 1 atom stereocenters. The van der Waals surface area contributed by atoms with E-state index in [0.717, 1.165) is 0 Å². The Morgan fingerprint density at radius 3 is 2.79 bits per heavy atom. The highest BCUT2D eigenvalue weighted by atomic mass is 35.5. The summed E-state index contributed by atoms with van der Waals surface area (Å²) in [7, 11) is 1.49. The number of carbonyl (C=O) groups excluding carboxylic acids is 1. The van der Waals surface area contributed by atoms with Crippen LogP contribution in [0.25, 0.3) is 0 Å². The van der Waals surface area contributed by atoms with Crippen molar-refractivity contribution in [3.8, 4) is 0 Å². The summed E-state index contributed by atoms with van der Waals surface area (Å²) in [4.78, 5) is 13.4. The van der Waals surface area contributed by atoms with Crippen LogP contribution < -0.4 is 5.73 Å². The van der Waals surface area contributed by atoms with Gasteiger partial charge in [0.1, 0.15) is 11.7 Å². The SMILES string of the molecule is CC(CN(C)C(=O)c1c(F)cccc1Cl)/C(N)=N/O. The third kappa shape index (κ3) is 3.57. The fourth-order valence-electron chi connectivity index (χ4n) is 1.58. The predicted molar refractivity (Wildman–Crippen MR) is 70.9 cm³/mol. The van der Waals surface area contributed by atoms with Crippen molar-refractivity contribution in [2.75, 3.05) is 13.6 Å². The number of benzene rings is 1. The molecule has 19 heavy (non-hydrogen) atoms. The molecule has 0 heterocycles. The number of halogens is 2. The summed E-state index contributed by atoms with van der Waals surface area (Å²) < 4.78 is 13.6. The number of rotatable bonds is 4. The van der Waals surface area contributed by atoms with E-state index in [1.54, 1.807) is 6.92 Å². The van der Waals surface area contributed by atoms with Crippen molar-refractivity contribution in [2.24, 2.45) is 16.8 Å². The summed E-state index contributed by atoms with van der Waals surface area (Å²) in [6.45, 7) is 1.86. The van der Waals surface area contributed by atoms with Gasteiger partial charge in [-0.15, -0.1) is 0 Å². The summed E-state index contributed by atoms with van der Waals surface area (Å²) in [5.74, 6) is -1.59. The van der Waals surface area contributed by atoms with E-state index < -0.39 is 11.7 Å². The second-order valence-electron chi connectivity index (χ2n) is 4.21. The van der Waals surface area contributed by atoms with Gasteiger partial charge in [-0.1, -0.05) is 29.7 Å². The third-order valence-electron chi connectivity index (χ3n) is 2.69. The number of carbonyl (C=O) groups is 1. The molecule has 0 aliphatic heterocycles. The lowest BCUT2D eigenvalue weighted by atomic mass is 10.1. The standard InChI is InChI=1S/C12H15ClFN3O2/c1-7(11(15)16-19)6-17(2)12(18)10-8(13)4-3-5-9(10)14/h3-5,7,19H,6H2,1-2H3,(H2,15,16). The third-order valence-corrected chi connectivity index (χ3v) is 3.01. The zero-order chi connectivity index (χ0) is 14.6. The molecule has 0 saturated heterocycles. The number of oxime groups is 1. The molecule has 1 aromatic carbocycles. The Kier molecular flexibility index (Phi) is 5.11. The zero-order valence-corrected chi connectivity index (χ0v) is 11.4. The molecule has 0 fully saturated rings. The molecule has 1 aromatic rings. The fourth-order valence-corrected chi connectivity index (χ4v) is 1.82. The molecular weight excluding hydrogens is 273 g/mol. The Labute approximate surface area is 115 Å². The molecule has 0 bridgehead atoms. The van der Waals surface area contributed by atoms with Gasteiger partial charge in [-0.05, 0) is 12.1 Å². The molecule has 0 aliphatic rings. The topological polar surface area (TPSA) is 78.9 Å². The van der Waals surface area contributed by atoms with Gasteiger partial charge in [0, 0.05) is 19.5 Å². The van der Waals surface area contributed by atoms with Crippen LogP contribution >= 0.6 is 11.6 Å². The molecule has 0 aromatic heterocycles. The number of amidine groups is 1. The van der Waals surface area contributed by atoms with Crippen molar-refractivity contribution in [1.82, 2.24) is 4.90 Å². The van der Waals surface area contributed by atoms with Crippen LogP contribution in [-0.2, 0) is 0 Å². The minimum atomic E-state index is -0.680. The van der Waals surface area contributed by atoms with Crippen LogP contribution in [0.3, 0.4) is 0 Å². The minimum absolute atomic E-state index is 0.000666. The highest BCUT2D eigenvalue weighted by Crippen LogP contribution is 2.20. The van der Waals surface area contributed by atoms with Gasteiger partial charge in [-0.3, -0.25) is 4.79 Å². The second kappa shape index (κ2) is 6.38. The lowest BCUT2D eigenvalue weighted by molar-refractivity contribution is 0.0781. The van der Waals surface area contributed by atoms with Crippen LogP contribution in [0.2, 0.25) is 5.02 Å². The maximum absolute atomic E-state index is 13.6. The molecule has 3 N–H and O–H groups in total. The molecule has 104 valence electrons. The Morgan fingerprint density at radius 2 is 2.26 bits per heavy atom. The average molecular weight is 288 g/mol. The Morgan fingerprint density at radius 1 is 1.63 bits per heavy atom. The van der Waals surface area contributed by atoms with E-state index >= 15 is 0 Å². The smallest absolute Gasteiger partial charge is 0.258 e. The van der Waals surface area contributed by atoms with Crippen molar-refractivity contribution >= 4 is 23.3 Å². The average Bonchev–Trinajstić information content (AvgIpc) is 2.37. The lowest BCUT2D eigenvalue weighted by Gasteiger charge is -2.21. The number of hydrogen-bond donors (Lipinski definition) is 2. The number of nitrogens with two attached hydrogens (primary N) is 1. The van der Waals surface area contributed by atoms with Gasteiger partial charge in [-0.25, -0.2) is 4.39 Å².